The summed E-state index contributed by atoms with van der Waals surface area (Å²) in [7, 11) is 4.23. The van der Waals surface area contributed by atoms with Gasteiger partial charge in [-0.15, -0.1) is 0 Å². The van der Waals surface area contributed by atoms with E-state index in [2.05, 4.69) is 70.8 Å². The van der Waals surface area contributed by atoms with Gasteiger partial charge in [-0.1, -0.05) is 13.8 Å². The lowest BCUT2D eigenvalue weighted by atomic mass is 10.0. The van der Waals surface area contributed by atoms with Crippen LogP contribution in [-0.4, -0.2) is 28.4 Å². The Kier molecular flexibility index (Phi) is 5.85. The van der Waals surface area contributed by atoms with E-state index in [-0.39, 0.29) is 5.54 Å². The van der Waals surface area contributed by atoms with E-state index in [0.29, 0.717) is 12.0 Å². The molecule has 1 heterocycles. The molecule has 0 aliphatic rings. The molecular formula is C17H34N4. The van der Waals surface area contributed by atoms with Crippen molar-refractivity contribution in [2.75, 3.05) is 11.9 Å². The van der Waals surface area contributed by atoms with E-state index in [1.807, 2.05) is 11.7 Å². The summed E-state index contributed by atoms with van der Waals surface area (Å²) in [5, 5.41) is 8.22. The Hall–Kier alpha value is -1.03. The van der Waals surface area contributed by atoms with Crippen LogP contribution in [0, 0.1) is 12.8 Å². The van der Waals surface area contributed by atoms with E-state index in [4.69, 9.17) is 0 Å². The van der Waals surface area contributed by atoms with Gasteiger partial charge in [0.05, 0.1) is 5.69 Å². The fraction of sp³-hybridized carbons (Fsp3) is 0.824. The molecule has 0 radical (unpaired) electrons. The summed E-state index contributed by atoms with van der Waals surface area (Å²) in [5.74, 6) is 1.94. The molecular weight excluding hydrogens is 260 g/mol. The number of aryl methyl sites for hydroxylation is 2. The molecule has 4 heteroatoms. The maximum Gasteiger partial charge on any atom is 0.131 e. The zero-order valence-corrected chi connectivity index (χ0v) is 15.4. The van der Waals surface area contributed by atoms with Crippen LogP contribution in [0.15, 0.2) is 0 Å². The predicted molar refractivity (Wildman–Crippen MR) is 91.9 cm³/mol. The molecule has 1 N–H and O–H groups in total. The Morgan fingerprint density at radius 2 is 1.81 bits per heavy atom. The van der Waals surface area contributed by atoms with Crippen LogP contribution in [0.1, 0.15) is 59.2 Å². The minimum absolute atomic E-state index is 0.113. The minimum Gasteiger partial charge on any atom is -0.357 e. The Morgan fingerprint density at radius 3 is 2.29 bits per heavy atom. The molecule has 0 fully saturated rings. The van der Waals surface area contributed by atoms with Gasteiger partial charge in [-0.05, 0) is 47.0 Å². The molecule has 1 rings (SSSR count). The second-order valence-corrected chi connectivity index (χ2v) is 7.70. The normalized spacial score (nSPS) is 13.8. The van der Waals surface area contributed by atoms with Crippen molar-refractivity contribution in [3.8, 4) is 0 Å². The van der Waals surface area contributed by atoms with Crippen LogP contribution >= 0.6 is 0 Å². The SMILES string of the molecule is Cc1nn(C)c(N(C)C(C)CC(C)C)c1CNC(C)(C)C. The van der Waals surface area contributed by atoms with Gasteiger partial charge in [0.25, 0.3) is 0 Å². The van der Waals surface area contributed by atoms with E-state index in [0.717, 1.165) is 12.2 Å². The number of rotatable bonds is 6. The van der Waals surface area contributed by atoms with Gasteiger partial charge in [0.1, 0.15) is 5.82 Å². The standard InChI is InChI=1S/C17H34N4/c1-12(2)10-13(3)20(8)16-15(11-18-17(5,6)7)14(4)19-21(16)9/h12-13,18H,10-11H2,1-9H3. The number of aromatic nitrogens is 2. The average molecular weight is 294 g/mol. The molecule has 122 valence electrons. The lowest BCUT2D eigenvalue weighted by molar-refractivity contribution is 0.423. The average Bonchev–Trinajstić information content (AvgIpc) is 2.58. The monoisotopic (exact) mass is 294 g/mol. The molecule has 0 aliphatic heterocycles. The second-order valence-electron chi connectivity index (χ2n) is 7.70. The summed E-state index contributed by atoms with van der Waals surface area (Å²) in [4.78, 5) is 2.37. The first-order chi connectivity index (χ1) is 9.53. The Labute approximate surface area is 130 Å². The molecule has 0 bridgehead atoms. The van der Waals surface area contributed by atoms with E-state index in [1.54, 1.807) is 0 Å². The third-order valence-electron chi connectivity index (χ3n) is 3.92. The van der Waals surface area contributed by atoms with Crippen molar-refractivity contribution >= 4 is 5.82 Å². The molecule has 0 aliphatic carbocycles. The Balaban J connectivity index is 3.00. The van der Waals surface area contributed by atoms with E-state index in [1.165, 1.54) is 17.8 Å². The number of hydrogen-bond acceptors (Lipinski definition) is 3. The van der Waals surface area contributed by atoms with Crippen LogP contribution in [0.25, 0.3) is 0 Å². The molecule has 0 spiro atoms. The first-order valence-electron chi connectivity index (χ1n) is 8.03. The highest BCUT2D eigenvalue weighted by atomic mass is 15.4. The highest BCUT2D eigenvalue weighted by Crippen LogP contribution is 2.26. The second kappa shape index (κ2) is 6.82. The fourth-order valence-electron chi connectivity index (χ4n) is 2.74. The number of hydrogen-bond donors (Lipinski definition) is 1. The van der Waals surface area contributed by atoms with Crippen molar-refractivity contribution in [3.05, 3.63) is 11.3 Å². The van der Waals surface area contributed by atoms with Crippen LogP contribution in [-0.2, 0) is 13.6 Å². The van der Waals surface area contributed by atoms with E-state index in [9.17, 15) is 0 Å². The van der Waals surface area contributed by atoms with Crippen molar-refractivity contribution in [2.24, 2.45) is 13.0 Å². The summed E-state index contributed by atoms with van der Waals surface area (Å²) in [5.41, 5.74) is 2.54. The zero-order valence-electron chi connectivity index (χ0n) is 15.4. The van der Waals surface area contributed by atoms with Crippen molar-refractivity contribution < 1.29 is 0 Å². The zero-order chi connectivity index (χ0) is 16.4. The number of anilines is 1. The first kappa shape index (κ1) is 18.0. The summed E-state index contributed by atoms with van der Waals surface area (Å²) in [6, 6.07) is 0.508. The summed E-state index contributed by atoms with van der Waals surface area (Å²) >= 11 is 0. The third-order valence-corrected chi connectivity index (χ3v) is 3.92. The molecule has 0 saturated carbocycles. The topological polar surface area (TPSA) is 33.1 Å². The molecule has 0 amide bonds. The summed E-state index contributed by atoms with van der Waals surface area (Å²) < 4.78 is 2.02. The van der Waals surface area contributed by atoms with Gasteiger partial charge in [-0.25, -0.2) is 0 Å². The first-order valence-corrected chi connectivity index (χ1v) is 8.03. The summed E-state index contributed by atoms with van der Waals surface area (Å²) in [6.07, 6.45) is 1.19. The van der Waals surface area contributed by atoms with E-state index >= 15 is 0 Å². The predicted octanol–water partition coefficient (Wildman–Crippen LogP) is 3.49. The maximum atomic E-state index is 4.63. The highest BCUT2D eigenvalue weighted by molar-refractivity contribution is 5.50. The number of nitrogens with one attached hydrogen (secondary N) is 1. The van der Waals surface area contributed by atoms with Gasteiger partial charge < -0.3 is 10.2 Å². The van der Waals surface area contributed by atoms with Crippen molar-refractivity contribution in [1.82, 2.24) is 15.1 Å². The fourth-order valence-corrected chi connectivity index (χ4v) is 2.74. The van der Waals surface area contributed by atoms with Crippen LogP contribution in [0.2, 0.25) is 0 Å². The molecule has 4 nitrogen and oxygen atoms in total. The van der Waals surface area contributed by atoms with Gasteiger partial charge in [-0.3, -0.25) is 4.68 Å². The van der Waals surface area contributed by atoms with Crippen LogP contribution in [0.3, 0.4) is 0 Å². The molecule has 1 aromatic heterocycles. The van der Waals surface area contributed by atoms with Gasteiger partial charge in [-0.2, -0.15) is 5.10 Å². The smallest absolute Gasteiger partial charge is 0.131 e. The summed E-state index contributed by atoms with van der Waals surface area (Å²) in [6.45, 7) is 16.4. The maximum absolute atomic E-state index is 4.63. The quantitative estimate of drug-likeness (QED) is 0.872. The van der Waals surface area contributed by atoms with Gasteiger partial charge in [0.15, 0.2) is 0 Å². The van der Waals surface area contributed by atoms with Crippen molar-refractivity contribution in [2.45, 2.75) is 73.0 Å². The largest absolute Gasteiger partial charge is 0.357 e. The van der Waals surface area contributed by atoms with Crippen LogP contribution < -0.4 is 10.2 Å². The van der Waals surface area contributed by atoms with Crippen LogP contribution in [0.4, 0.5) is 5.82 Å². The lowest BCUT2D eigenvalue weighted by Gasteiger charge is -2.30. The van der Waals surface area contributed by atoms with Crippen molar-refractivity contribution in [1.29, 1.82) is 0 Å². The van der Waals surface area contributed by atoms with E-state index < -0.39 is 0 Å². The minimum atomic E-state index is 0.113. The molecule has 0 saturated heterocycles. The Morgan fingerprint density at radius 1 is 1.24 bits per heavy atom. The molecule has 1 unspecified atom stereocenters. The number of nitrogens with zero attached hydrogens (tertiary/aromatic N) is 3. The Bertz CT molecular complexity index is 454. The highest BCUT2D eigenvalue weighted by Gasteiger charge is 2.22. The third kappa shape index (κ3) is 5.03. The van der Waals surface area contributed by atoms with Gasteiger partial charge >= 0.3 is 0 Å². The van der Waals surface area contributed by atoms with Crippen molar-refractivity contribution in [3.63, 3.8) is 0 Å². The molecule has 21 heavy (non-hydrogen) atoms. The molecule has 1 atom stereocenters. The molecule has 1 aromatic rings. The molecule has 0 aromatic carbocycles. The van der Waals surface area contributed by atoms with Crippen LogP contribution in [0.5, 0.6) is 0 Å². The van der Waals surface area contributed by atoms with Gasteiger partial charge in [0, 0.05) is 37.8 Å². The van der Waals surface area contributed by atoms with Gasteiger partial charge in [0.2, 0.25) is 0 Å². The lowest BCUT2D eigenvalue weighted by Crippen LogP contribution is -2.37.